The van der Waals surface area contributed by atoms with Gasteiger partial charge in [-0.2, -0.15) is 0 Å². The average molecular weight is 303 g/mol. The fourth-order valence-electron chi connectivity index (χ4n) is 2.59. The minimum Gasteiger partial charge on any atom is -0.269 e. The maximum Gasteiger partial charge on any atom is 0.262 e. The zero-order valence-corrected chi connectivity index (χ0v) is 13.4. The van der Waals surface area contributed by atoms with Crippen LogP contribution in [0.2, 0.25) is 0 Å². The normalized spacial score (nSPS) is 13.6. The lowest BCUT2D eigenvalue weighted by atomic mass is 10.1. The van der Waals surface area contributed by atoms with E-state index in [1.165, 1.54) is 4.90 Å². The fraction of sp³-hybridized carbons (Fsp3) is 0.200. The predicted octanol–water partition coefficient (Wildman–Crippen LogP) is 3.48. The van der Waals surface area contributed by atoms with Gasteiger partial charge in [0.2, 0.25) is 0 Å². The molecule has 0 atom stereocenters. The molecular weight excluding hydrogens is 286 g/mol. The van der Waals surface area contributed by atoms with Crippen molar-refractivity contribution < 1.29 is 9.59 Å². The molecule has 0 unspecified atom stereocenters. The molecular formula is C20H17NO2. The Hall–Kier alpha value is -2.86. The maximum atomic E-state index is 12.5. The Labute approximate surface area is 135 Å². The maximum absolute atomic E-state index is 12.5. The summed E-state index contributed by atoms with van der Waals surface area (Å²) in [6.07, 6.45) is 0. The van der Waals surface area contributed by atoms with Crippen LogP contribution < -0.4 is 0 Å². The van der Waals surface area contributed by atoms with Gasteiger partial charge in [0.05, 0.1) is 11.1 Å². The van der Waals surface area contributed by atoms with Crippen LogP contribution in [0.4, 0.5) is 0 Å². The molecule has 0 aromatic heterocycles. The Kier molecular flexibility index (Phi) is 3.54. The smallest absolute Gasteiger partial charge is 0.262 e. The average Bonchev–Trinajstić information content (AvgIpc) is 2.77. The van der Waals surface area contributed by atoms with E-state index in [4.69, 9.17) is 0 Å². The minimum absolute atomic E-state index is 0.236. The van der Waals surface area contributed by atoms with Crippen molar-refractivity contribution in [1.29, 1.82) is 0 Å². The van der Waals surface area contributed by atoms with E-state index in [1.54, 1.807) is 18.2 Å². The number of rotatable bonds is 0. The highest BCUT2D eigenvalue weighted by Crippen LogP contribution is 2.29. The van der Waals surface area contributed by atoms with Crippen molar-refractivity contribution in [2.24, 2.45) is 0 Å². The topological polar surface area (TPSA) is 37.4 Å². The first-order valence-corrected chi connectivity index (χ1v) is 7.48. The lowest BCUT2D eigenvalue weighted by molar-refractivity contribution is 0.0508. The van der Waals surface area contributed by atoms with Gasteiger partial charge in [-0.15, -0.1) is 0 Å². The highest BCUT2D eigenvalue weighted by Gasteiger charge is 2.41. The number of carbonyl (C=O) groups is 2. The van der Waals surface area contributed by atoms with E-state index in [1.807, 2.05) is 51.1 Å². The molecule has 1 aliphatic rings. The van der Waals surface area contributed by atoms with Crippen LogP contribution in [0.15, 0.2) is 48.5 Å². The largest absolute Gasteiger partial charge is 0.269 e. The molecule has 114 valence electrons. The third-order valence-electron chi connectivity index (χ3n) is 3.68. The molecule has 0 saturated carbocycles. The Balaban J connectivity index is 1.97. The van der Waals surface area contributed by atoms with E-state index in [0.29, 0.717) is 11.1 Å². The van der Waals surface area contributed by atoms with Gasteiger partial charge in [0.25, 0.3) is 11.8 Å². The molecule has 0 bridgehead atoms. The third-order valence-corrected chi connectivity index (χ3v) is 3.68. The van der Waals surface area contributed by atoms with Gasteiger partial charge in [-0.3, -0.25) is 14.5 Å². The second-order valence-electron chi connectivity index (χ2n) is 6.49. The standard InChI is InChI=1S/C20H17NO2/c1-20(2,3)21-18(22)16-12-11-15(13-17(16)19(21)23)10-9-14-7-5-4-6-8-14/h4-8,11-13H,1-3H3. The van der Waals surface area contributed by atoms with Crippen LogP contribution in [0.1, 0.15) is 52.6 Å². The van der Waals surface area contributed by atoms with Gasteiger partial charge >= 0.3 is 0 Å². The van der Waals surface area contributed by atoms with Crippen LogP contribution >= 0.6 is 0 Å². The number of imide groups is 1. The van der Waals surface area contributed by atoms with Crippen molar-refractivity contribution >= 4 is 11.8 Å². The molecule has 1 aliphatic heterocycles. The monoisotopic (exact) mass is 303 g/mol. The number of carbonyl (C=O) groups excluding carboxylic acids is 2. The molecule has 23 heavy (non-hydrogen) atoms. The molecule has 1 heterocycles. The summed E-state index contributed by atoms with van der Waals surface area (Å²) in [5.41, 5.74) is 1.99. The molecule has 3 nitrogen and oxygen atoms in total. The molecule has 2 amide bonds. The van der Waals surface area contributed by atoms with Crippen LogP contribution in [-0.2, 0) is 0 Å². The molecule has 0 aliphatic carbocycles. The number of hydrogen-bond acceptors (Lipinski definition) is 2. The summed E-state index contributed by atoms with van der Waals surface area (Å²) in [6.45, 7) is 5.56. The summed E-state index contributed by atoms with van der Waals surface area (Å²) in [6, 6.07) is 14.8. The van der Waals surface area contributed by atoms with Crippen molar-refractivity contribution in [1.82, 2.24) is 4.90 Å². The minimum atomic E-state index is -0.539. The molecule has 0 fully saturated rings. The summed E-state index contributed by atoms with van der Waals surface area (Å²) < 4.78 is 0. The number of amides is 2. The van der Waals surface area contributed by atoms with Crippen molar-refractivity contribution in [3.8, 4) is 11.8 Å². The van der Waals surface area contributed by atoms with Crippen molar-refractivity contribution in [3.05, 3.63) is 70.8 Å². The molecule has 0 saturated heterocycles. The Morgan fingerprint density at radius 2 is 1.39 bits per heavy atom. The van der Waals surface area contributed by atoms with Crippen LogP contribution in [0, 0.1) is 11.8 Å². The first-order chi connectivity index (χ1) is 10.9. The third kappa shape index (κ3) is 2.76. The van der Waals surface area contributed by atoms with Gasteiger partial charge in [-0.25, -0.2) is 0 Å². The Morgan fingerprint density at radius 1 is 0.783 bits per heavy atom. The van der Waals surface area contributed by atoms with Crippen molar-refractivity contribution in [2.75, 3.05) is 0 Å². The second kappa shape index (κ2) is 5.40. The lowest BCUT2D eigenvalue weighted by Crippen LogP contribution is -2.45. The number of nitrogens with zero attached hydrogens (tertiary/aromatic N) is 1. The van der Waals surface area contributed by atoms with E-state index in [0.717, 1.165) is 11.1 Å². The summed E-state index contributed by atoms with van der Waals surface area (Å²) in [7, 11) is 0. The molecule has 0 N–H and O–H groups in total. The fourth-order valence-corrected chi connectivity index (χ4v) is 2.59. The summed E-state index contributed by atoms with van der Waals surface area (Å²) in [4.78, 5) is 26.3. The zero-order chi connectivity index (χ0) is 16.6. The quantitative estimate of drug-likeness (QED) is 0.552. The van der Waals surface area contributed by atoms with Crippen LogP contribution in [0.3, 0.4) is 0 Å². The van der Waals surface area contributed by atoms with Crippen molar-refractivity contribution in [3.63, 3.8) is 0 Å². The number of fused-ring (bicyclic) bond motifs is 1. The molecule has 2 aromatic rings. The Bertz CT molecular complexity index is 849. The summed E-state index contributed by atoms with van der Waals surface area (Å²) in [5, 5.41) is 0. The molecule has 3 rings (SSSR count). The Morgan fingerprint density at radius 3 is 2.04 bits per heavy atom. The van der Waals surface area contributed by atoms with E-state index >= 15 is 0 Å². The molecule has 2 aromatic carbocycles. The van der Waals surface area contributed by atoms with Crippen molar-refractivity contribution in [2.45, 2.75) is 26.3 Å². The van der Waals surface area contributed by atoms with E-state index in [9.17, 15) is 9.59 Å². The highest BCUT2D eigenvalue weighted by molar-refractivity contribution is 6.22. The molecule has 0 radical (unpaired) electrons. The van der Waals surface area contributed by atoms with Gasteiger partial charge in [0.1, 0.15) is 0 Å². The van der Waals surface area contributed by atoms with Crippen LogP contribution in [0.5, 0.6) is 0 Å². The molecule has 0 spiro atoms. The zero-order valence-electron chi connectivity index (χ0n) is 13.4. The first kappa shape index (κ1) is 15.1. The molecule has 3 heteroatoms. The summed E-state index contributed by atoms with van der Waals surface area (Å²) >= 11 is 0. The van der Waals surface area contributed by atoms with Gasteiger partial charge in [0, 0.05) is 16.7 Å². The summed E-state index contributed by atoms with van der Waals surface area (Å²) in [5.74, 6) is 5.62. The van der Waals surface area contributed by atoms with E-state index < -0.39 is 5.54 Å². The van der Waals surface area contributed by atoms with E-state index in [-0.39, 0.29) is 11.8 Å². The predicted molar refractivity (Wildman–Crippen MR) is 89.1 cm³/mol. The SMILES string of the molecule is CC(C)(C)N1C(=O)c2ccc(C#Cc3ccccc3)cc2C1=O. The number of hydrogen-bond donors (Lipinski definition) is 0. The second-order valence-corrected chi connectivity index (χ2v) is 6.49. The highest BCUT2D eigenvalue weighted by atomic mass is 16.2. The van der Waals surface area contributed by atoms with Crippen LogP contribution in [-0.4, -0.2) is 22.3 Å². The lowest BCUT2D eigenvalue weighted by Gasteiger charge is -2.29. The van der Waals surface area contributed by atoms with Gasteiger partial charge in [0.15, 0.2) is 0 Å². The van der Waals surface area contributed by atoms with Gasteiger partial charge < -0.3 is 0 Å². The van der Waals surface area contributed by atoms with E-state index in [2.05, 4.69) is 11.8 Å². The number of benzene rings is 2. The van der Waals surface area contributed by atoms with Gasteiger partial charge in [-0.05, 0) is 51.1 Å². The van der Waals surface area contributed by atoms with Gasteiger partial charge in [-0.1, -0.05) is 30.0 Å². The first-order valence-electron chi connectivity index (χ1n) is 7.48. The van der Waals surface area contributed by atoms with Crippen LogP contribution in [0.25, 0.3) is 0 Å².